The second-order valence-electron chi connectivity index (χ2n) is 3.11. The molecule has 1 rings (SSSR count). The number of nitrogens with one attached hydrogen (secondary N) is 1. The van der Waals surface area contributed by atoms with Crippen LogP contribution in [0.1, 0.15) is 18.1 Å². The summed E-state index contributed by atoms with van der Waals surface area (Å²) in [7, 11) is 0. The Morgan fingerprint density at radius 3 is 2.73 bits per heavy atom. The second kappa shape index (κ2) is 5.84. The summed E-state index contributed by atoms with van der Waals surface area (Å²) in [6, 6.07) is 9.04. The van der Waals surface area contributed by atoms with Crippen molar-refractivity contribution in [3.8, 4) is 12.3 Å². The lowest BCUT2D eigenvalue weighted by Crippen LogP contribution is -2.25. The maximum absolute atomic E-state index is 11.2. The van der Waals surface area contributed by atoms with E-state index < -0.39 is 6.10 Å². The molecular weight excluding hydrogens is 190 g/mol. The molecule has 0 fully saturated rings. The van der Waals surface area contributed by atoms with Crippen LogP contribution in [0.5, 0.6) is 0 Å². The highest BCUT2D eigenvalue weighted by molar-refractivity contribution is 5.76. The summed E-state index contributed by atoms with van der Waals surface area (Å²) >= 11 is 0. The van der Waals surface area contributed by atoms with Crippen LogP contribution in [0.2, 0.25) is 0 Å². The molecule has 1 amide bonds. The normalized spacial score (nSPS) is 11.5. The molecule has 0 aliphatic heterocycles. The van der Waals surface area contributed by atoms with Gasteiger partial charge in [0.1, 0.15) is 0 Å². The summed E-state index contributed by atoms with van der Waals surface area (Å²) in [5.41, 5.74) is 0.730. The van der Waals surface area contributed by atoms with Gasteiger partial charge in [0, 0.05) is 0 Å². The van der Waals surface area contributed by atoms with Crippen LogP contribution in [0.4, 0.5) is 0 Å². The summed E-state index contributed by atoms with van der Waals surface area (Å²) < 4.78 is 0. The van der Waals surface area contributed by atoms with Gasteiger partial charge in [0.05, 0.1) is 19.1 Å². The summed E-state index contributed by atoms with van der Waals surface area (Å²) in [4.78, 5) is 11.2. The molecule has 3 heteroatoms. The fraction of sp³-hybridized carbons (Fsp3) is 0.250. The third kappa shape index (κ3) is 3.84. The molecule has 0 radical (unpaired) electrons. The molecule has 1 unspecified atom stereocenters. The maximum atomic E-state index is 11.2. The SMILES string of the molecule is C#CCNC(=O)CC(O)c1ccccc1. The van der Waals surface area contributed by atoms with Gasteiger partial charge in [-0.15, -0.1) is 6.42 Å². The Labute approximate surface area is 89.1 Å². The first kappa shape index (κ1) is 11.3. The number of benzene rings is 1. The monoisotopic (exact) mass is 203 g/mol. The van der Waals surface area contributed by atoms with Crippen LogP contribution in [-0.4, -0.2) is 17.6 Å². The van der Waals surface area contributed by atoms with Crippen molar-refractivity contribution in [2.45, 2.75) is 12.5 Å². The maximum Gasteiger partial charge on any atom is 0.223 e. The number of aliphatic hydroxyl groups is 1. The molecule has 1 aromatic rings. The van der Waals surface area contributed by atoms with Crippen molar-refractivity contribution in [3.05, 3.63) is 35.9 Å². The number of aliphatic hydroxyl groups excluding tert-OH is 1. The van der Waals surface area contributed by atoms with Gasteiger partial charge in [-0.2, -0.15) is 0 Å². The average Bonchev–Trinajstić information content (AvgIpc) is 2.27. The lowest BCUT2D eigenvalue weighted by molar-refractivity contribution is -0.122. The molecule has 2 N–H and O–H groups in total. The van der Waals surface area contributed by atoms with E-state index >= 15 is 0 Å². The Balaban J connectivity index is 2.46. The highest BCUT2D eigenvalue weighted by Crippen LogP contribution is 2.15. The van der Waals surface area contributed by atoms with Crippen LogP contribution in [0.25, 0.3) is 0 Å². The quantitative estimate of drug-likeness (QED) is 0.713. The zero-order chi connectivity index (χ0) is 11.1. The van der Waals surface area contributed by atoms with Crippen molar-refractivity contribution < 1.29 is 9.90 Å². The predicted octanol–water partition coefficient (Wildman–Crippen LogP) is 0.860. The van der Waals surface area contributed by atoms with Gasteiger partial charge >= 0.3 is 0 Å². The molecule has 0 saturated carbocycles. The molecule has 0 saturated heterocycles. The highest BCUT2D eigenvalue weighted by atomic mass is 16.3. The lowest BCUT2D eigenvalue weighted by Gasteiger charge is -2.09. The van der Waals surface area contributed by atoms with Gasteiger partial charge in [-0.25, -0.2) is 0 Å². The second-order valence-corrected chi connectivity index (χ2v) is 3.11. The van der Waals surface area contributed by atoms with Crippen molar-refractivity contribution >= 4 is 5.91 Å². The van der Waals surface area contributed by atoms with E-state index in [9.17, 15) is 9.90 Å². The highest BCUT2D eigenvalue weighted by Gasteiger charge is 2.11. The van der Waals surface area contributed by atoms with Gasteiger partial charge < -0.3 is 10.4 Å². The minimum atomic E-state index is -0.774. The molecule has 0 spiro atoms. The van der Waals surface area contributed by atoms with E-state index in [1.54, 1.807) is 12.1 Å². The first-order chi connectivity index (χ1) is 7.24. The van der Waals surface area contributed by atoms with E-state index in [-0.39, 0.29) is 18.9 Å². The zero-order valence-corrected chi connectivity index (χ0v) is 8.31. The number of amides is 1. The molecule has 78 valence electrons. The number of carbonyl (C=O) groups is 1. The van der Waals surface area contributed by atoms with Gasteiger partial charge in [0.25, 0.3) is 0 Å². The molecular formula is C12H13NO2. The van der Waals surface area contributed by atoms with Gasteiger partial charge in [-0.1, -0.05) is 36.3 Å². The van der Waals surface area contributed by atoms with Crippen LogP contribution in [0.15, 0.2) is 30.3 Å². The zero-order valence-electron chi connectivity index (χ0n) is 8.31. The molecule has 0 aliphatic rings. The van der Waals surface area contributed by atoms with Crippen LogP contribution >= 0.6 is 0 Å². The first-order valence-corrected chi connectivity index (χ1v) is 4.67. The lowest BCUT2D eigenvalue weighted by atomic mass is 10.1. The van der Waals surface area contributed by atoms with Crippen LogP contribution in [0, 0.1) is 12.3 Å². The molecule has 1 atom stereocenters. The first-order valence-electron chi connectivity index (χ1n) is 4.67. The average molecular weight is 203 g/mol. The van der Waals surface area contributed by atoms with Gasteiger partial charge in [-0.3, -0.25) is 4.79 Å². The van der Waals surface area contributed by atoms with E-state index in [1.165, 1.54) is 0 Å². The van der Waals surface area contributed by atoms with Crippen molar-refractivity contribution in [1.29, 1.82) is 0 Å². The third-order valence-corrected chi connectivity index (χ3v) is 1.95. The molecule has 0 bridgehead atoms. The van der Waals surface area contributed by atoms with Crippen LogP contribution in [0.3, 0.4) is 0 Å². The Morgan fingerprint density at radius 1 is 1.47 bits per heavy atom. The molecule has 1 aromatic carbocycles. The molecule has 15 heavy (non-hydrogen) atoms. The van der Waals surface area contributed by atoms with E-state index in [2.05, 4.69) is 11.2 Å². The van der Waals surface area contributed by atoms with Crippen molar-refractivity contribution in [2.75, 3.05) is 6.54 Å². The summed E-state index contributed by atoms with van der Waals surface area (Å²) in [6.07, 6.45) is 4.25. The minimum Gasteiger partial charge on any atom is -0.388 e. The van der Waals surface area contributed by atoms with Crippen molar-refractivity contribution in [3.63, 3.8) is 0 Å². The summed E-state index contributed by atoms with van der Waals surface area (Å²) in [6.45, 7) is 0.195. The van der Waals surface area contributed by atoms with Gasteiger partial charge in [-0.05, 0) is 5.56 Å². The number of hydrogen-bond donors (Lipinski definition) is 2. The Hall–Kier alpha value is -1.79. The Kier molecular flexibility index (Phi) is 4.39. The summed E-state index contributed by atoms with van der Waals surface area (Å²) in [5, 5.41) is 12.2. The number of hydrogen-bond acceptors (Lipinski definition) is 2. The van der Waals surface area contributed by atoms with Gasteiger partial charge in [0.2, 0.25) is 5.91 Å². The van der Waals surface area contributed by atoms with Crippen LogP contribution < -0.4 is 5.32 Å². The smallest absolute Gasteiger partial charge is 0.223 e. The largest absolute Gasteiger partial charge is 0.388 e. The fourth-order valence-electron chi connectivity index (χ4n) is 1.19. The number of terminal acetylenes is 1. The fourth-order valence-corrected chi connectivity index (χ4v) is 1.19. The summed E-state index contributed by atoms with van der Waals surface area (Å²) in [5.74, 6) is 2.05. The van der Waals surface area contributed by atoms with Crippen LogP contribution in [-0.2, 0) is 4.79 Å². The van der Waals surface area contributed by atoms with Crippen molar-refractivity contribution in [2.24, 2.45) is 0 Å². The van der Waals surface area contributed by atoms with Gasteiger partial charge in [0.15, 0.2) is 0 Å². The molecule has 0 heterocycles. The number of rotatable bonds is 4. The Morgan fingerprint density at radius 2 is 2.13 bits per heavy atom. The molecule has 0 aliphatic carbocycles. The topological polar surface area (TPSA) is 49.3 Å². The number of carbonyl (C=O) groups excluding carboxylic acids is 1. The molecule has 3 nitrogen and oxygen atoms in total. The van der Waals surface area contributed by atoms with E-state index in [0.717, 1.165) is 5.56 Å². The minimum absolute atomic E-state index is 0.0334. The van der Waals surface area contributed by atoms with Crippen molar-refractivity contribution in [1.82, 2.24) is 5.32 Å². The van der Waals surface area contributed by atoms with E-state index in [0.29, 0.717) is 0 Å². The third-order valence-electron chi connectivity index (χ3n) is 1.95. The molecule has 0 aromatic heterocycles. The van der Waals surface area contributed by atoms with E-state index in [1.807, 2.05) is 18.2 Å². The predicted molar refractivity (Wildman–Crippen MR) is 57.9 cm³/mol. The standard InChI is InChI=1S/C12H13NO2/c1-2-8-13-12(15)9-11(14)10-6-4-3-5-7-10/h1,3-7,11,14H,8-9H2,(H,13,15). The van der Waals surface area contributed by atoms with E-state index in [4.69, 9.17) is 6.42 Å². The Bertz CT molecular complexity index is 354.